The summed E-state index contributed by atoms with van der Waals surface area (Å²) in [7, 11) is 1.68. The molecule has 1 unspecified atom stereocenters. The van der Waals surface area contributed by atoms with E-state index in [9.17, 15) is 0 Å². The lowest BCUT2D eigenvalue weighted by molar-refractivity contribution is 0.182. The summed E-state index contributed by atoms with van der Waals surface area (Å²) in [6, 6.07) is 1.81. The van der Waals surface area contributed by atoms with Gasteiger partial charge in [0.25, 0.3) is 0 Å². The van der Waals surface area contributed by atoms with Crippen molar-refractivity contribution in [3.63, 3.8) is 0 Å². The summed E-state index contributed by atoms with van der Waals surface area (Å²) in [6.07, 6.45) is 4.41. The van der Waals surface area contributed by atoms with E-state index in [0.717, 1.165) is 28.7 Å². The SMILES string of the molecule is CCCNC(c1ccoc1Cl)c1c(Br)cnn1CCOC. The third-order valence-electron chi connectivity index (χ3n) is 3.17. The number of methoxy groups -OCH3 is 1. The zero-order valence-electron chi connectivity index (χ0n) is 12.1. The first-order valence-electron chi connectivity index (χ1n) is 6.85. The van der Waals surface area contributed by atoms with Gasteiger partial charge in [0.1, 0.15) is 0 Å². The fourth-order valence-electron chi connectivity index (χ4n) is 2.17. The van der Waals surface area contributed by atoms with Gasteiger partial charge in [0.15, 0.2) is 5.22 Å². The standard InChI is InChI=1S/C14H19BrClN3O2/c1-3-5-17-12(10-4-7-21-14(10)16)13-11(15)9-18-19(13)6-8-20-2/h4,7,9,12,17H,3,5-6,8H2,1-2H3. The summed E-state index contributed by atoms with van der Waals surface area (Å²) in [5.41, 5.74) is 1.92. The van der Waals surface area contributed by atoms with E-state index < -0.39 is 0 Å². The van der Waals surface area contributed by atoms with E-state index in [1.807, 2.05) is 10.7 Å². The Morgan fingerprint density at radius 3 is 3.00 bits per heavy atom. The van der Waals surface area contributed by atoms with Crippen LogP contribution < -0.4 is 5.32 Å². The lowest BCUT2D eigenvalue weighted by atomic mass is 10.1. The first-order valence-corrected chi connectivity index (χ1v) is 8.02. The third kappa shape index (κ3) is 3.88. The highest BCUT2D eigenvalue weighted by Crippen LogP contribution is 2.33. The average Bonchev–Trinajstić information content (AvgIpc) is 3.05. The molecule has 2 rings (SSSR count). The number of nitrogens with one attached hydrogen (secondary N) is 1. The van der Waals surface area contributed by atoms with Gasteiger partial charge < -0.3 is 14.5 Å². The molecule has 116 valence electrons. The van der Waals surface area contributed by atoms with Gasteiger partial charge in [0.2, 0.25) is 0 Å². The van der Waals surface area contributed by atoms with E-state index in [4.69, 9.17) is 20.8 Å². The maximum Gasteiger partial charge on any atom is 0.198 e. The molecular formula is C14H19BrClN3O2. The topological polar surface area (TPSA) is 52.2 Å². The van der Waals surface area contributed by atoms with Crippen molar-refractivity contribution in [2.75, 3.05) is 20.3 Å². The molecule has 0 aliphatic rings. The number of hydrogen-bond acceptors (Lipinski definition) is 4. The second-order valence-electron chi connectivity index (χ2n) is 4.63. The van der Waals surface area contributed by atoms with Gasteiger partial charge in [0.05, 0.1) is 41.8 Å². The maximum absolute atomic E-state index is 6.16. The first-order chi connectivity index (χ1) is 10.2. The molecule has 0 saturated heterocycles. The van der Waals surface area contributed by atoms with Gasteiger partial charge in [-0.3, -0.25) is 4.68 Å². The van der Waals surface area contributed by atoms with Gasteiger partial charge in [-0.05, 0) is 46.6 Å². The normalized spacial score (nSPS) is 12.8. The highest BCUT2D eigenvalue weighted by Gasteiger charge is 2.24. The number of aromatic nitrogens is 2. The van der Waals surface area contributed by atoms with E-state index in [-0.39, 0.29) is 6.04 Å². The summed E-state index contributed by atoms with van der Waals surface area (Å²) in [5.74, 6) is 0. The molecule has 0 radical (unpaired) electrons. The molecule has 1 N–H and O–H groups in total. The fraction of sp³-hybridized carbons (Fsp3) is 0.500. The summed E-state index contributed by atoms with van der Waals surface area (Å²) < 4.78 is 13.2. The van der Waals surface area contributed by atoms with Crippen LogP contribution >= 0.6 is 27.5 Å². The molecule has 0 spiro atoms. The van der Waals surface area contributed by atoms with Gasteiger partial charge in [-0.2, -0.15) is 5.10 Å². The Kier molecular flexibility index (Phi) is 6.29. The van der Waals surface area contributed by atoms with Crippen LogP contribution in [0.3, 0.4) is 0 Å². The molecule has 0 bridgehead atoms. The van der Waals surface area contributed by atoms with Crippen LogP contribution in [0.4, 0.5) is 0 Å². The summed E-state index contributed by atoms with van der Waals surface area (Å²) in [4.78, 5) is 0. The van der Waals surface area contributed by atoms with E-state index in [1.54, 1.807) is 19.6 Å². The minimum atomic E-state index is -0.0788. The zero-order chi connectivity index (χ0) is 15.2. The van der Waals surface area contributed by atoms with E-state index in [2.05, 4.69) is 33.3 Å². The Morgan fingerprint density at radius 2 is 2.38 bits per heavy atom. The molecule has 0 amide bonds. The Labute approximate surface area is 137 Å². The first kappa shape index (κ1) is 16.5. The number of ether oxygens (including phenoxy) is 1. The molecule has 0 saturated carbocycles. The van der Waals surface area contributed by atoms with Crippen LogP contribution in [0, 0.1) is 0 Å². The third-order valence-corrected chi connectivity index (χ3v) is 4.09. The Hall–Kier alpha value is -0.820. The van der Waals surface area contributed by atoms with E-state index in [0.29, 0.717) is 18.4 Å². The smallest absolute Gasteiger partial charge is 0.198 e. The van der Waals surface area contributed by atoms with Crippen molar-refractivity contribution in [3.8, 4) is 0 Å². The Morgan fingerprint density at radius 1 is 1.57 bits per heavy atom. The van der Waals surface area contributed by atoms with Crippen molar-refractivity contribution in [3.05, 3.63) is 39.5 Å². The van der Waals surface area contributed by atoms with Crippen LogP contribution in [0.25, 0.3) is 0 Å². The molecule has 0 aromatic carbocycles. The predicted octanol–water partition coefficient (Wildman–Crippen LogP) is 3.63. The molecule has 0 aliphatic carbocycles. The molecule has 21 heavy (non-hydrogen) atoms. The molecular weight excluding hydrogens is 358 g/mol. The highest BCUT2D eigenvalue weighted by molar-refractivity contribution is 9.10. The average molecular weight is 377 g/mol. The lowest BCUT2D eigenvalue weighted by Crippen LogP contribution is -2.26. The second-order valence-corrected chi connectivity index (χ2v) is 5.83. The minimum Gasteiger partial charge on any atom is -0.453 e. The van der Waals surface area contributed by atoms with Crippen LogP contribution in [0.2, 0.25) is 5.22 Å². The van der Waals surface area contributed by atoms with Crippen molar-refractivity contribution in [1.29, 1.82) is 0 Å². The van der Waals surface area contributed by atoms with Crippen LogP contribution in [0.1, 0.15) is 30.6 Å². The summed E-state index contributed by atoms with van der Waals surface area (Å²) in [5, 5.41) is 8.29. The fourth-order valence-corrected chi connectivity index (χ4v) is 2.92. The molecule has 2 aromatic heterocycles. The van der Waals surface area contributed by atoms with Crippen molar-refractivity contribution >= 4 is 27.5 Å². The minimum absolute atomic E-state index is 0.0788. The molecule has 0 fully saturated rings. The molecule has 1 atom stereocenters. The van der Waals surface area contributed by atoms with Gasteiger partial charge in [0, 0.05) is 12.7 Å². The van der Waals surface area contributed by atoms with Crippen LogP contribution in [-0.4, -0.2) is 30.0 Å². The number of halogens is 2. The predicted molar refractivity (Wildman–Crippen MR) is 85.7 cm³/mol. The highest BCUT2D eigenvalue weighted by atomic mass is 79.9. The van der Waals surface area contributed by atoms with Gasteiger partial charge in [-0.1, -0.05) is 6.92 Å². The summed E-state index contributed by atoms with van der Waals surface area (Å²) in [6.45, 7) is 4.27. The van der Waals surface area contributed by atoms with Crippen LogP contribution in [0.5, 0.6) is 0 Å². The molecule has 0 aliphatic heterocycles. The molecule has 7 heteroatoms. The largest absolute Gasteiger partial charge is 0.453 e. The van der Waals surface area contributed by atoms with Gasteiger partial charge in [-0.15, -0.1) is 0 Å². The van der Waals surface area contributed by atoms with Gasteiger partial charge >= 0.3 is 0 Å². The van der Waals surface area contributed by atoms with Gasteiger partial charge in [-0.25, -0.2) is 0 Å². The molecule has 5 nitrogen and oxygen atoms in total. The number of furan rings is 1. The maximum atomic E-state index is 6.16. The van der Waals surface area contributed by atoms with Crippen LogP contribution in [-0.2, 0) is 11.3 Å². The van der Waals surface area contributed by atoms with Crippen LogP contribution in [0.15, 0.2) is 27.4 Å². The number of nitrogens with zero attached hydrogens (tertiary/aromatic N) is 2. The molecule has 2 aromatic rings. The van der Waals surface area contributed by atoms with E-state index >= 15 is 0 Å². The zero-order valence-corrected chi connectivity index (χ0v) is 14.4. The van der Waals surface area contributed by atoms with Crippen molar-refractivity contribution in [1.82, 2.24) is 15.1 Å². The van der Waals surface area contributed by atoms with E-state index in [1.165, 1.54) is 0 Å². The van der Waals surface area contributed by atoms with Crippen molar-refractivity contribution in [2.24, 2.45) is 0 Å². The number of rotatable bonds is 8. The van der Waals surface area contributed by atoms with Crippen molar-refractivity contribution in [2.45, 2.75) is 25.9 Å². The summed E-state index contributed by atoms with van der Waals surface area (Å²) >= 11 is 9.74. The van der Waals surface area contributed by atoms with Crippen molar-refractivity contribution < 1.29 is 9.15 Å². The lowest BCUT2D eigenvalue weighted by Gasteiger charge is -2.20. The molecule has 2 heterocycles. The monoisotopic (exact) mass is 375 g/mol. The Balaban J connectivity index is 2.36. The quantitative estimate of drug-likeness (QED) is 0.764. The number of hydrogen-bond donors (Lipinski definition) is 1. The second kappa shape index (κ2) is 7.98. The Bertz CT molecular complexity index is 570.